The fourth-order valence-electron chi connectivity index (χ4n) is 9.74. The van der Waals surface area contributed by atoms with Gasteiger partial charge in [-0.3, -0.25) is 9.59 Å². The molecule has 21 nitrogen and oxygen atoms in total. The number of carboxylic acids is 1. The van der Waals surface area contributed by atoms with Crippen LogP contribution in [0.25, 0.3) is 0 Å². The number of rotatable bonds is 20. The number of ether oxygens (including phenoxy) is 5. The van der Waals surface area contributed by atoms with Gasteiger partial charge in [0.05, 0.1) is 45.8 Å². The largest absolute Gasteiger partial charge is 0.481 e. The number of benzene rings is 3. The zero-order valence-electron chi connectivity index (χ0n) is 47.6. The molecule has 0 spiro atoms. The smallest absolute Gasteiger partial charge is 0.411 e. The van der Waals surface area contributed by atoms with Crippen molar-refractivity contribution >= 4 is 90.7 Å². The zero-order chi connectivity index (χ0) is 60.9. The van der Waals surface area contributed by atoms with Gasteiger partial charge in [0, 0.05) is 66.6 Å². The SMILES string of the molecule is CCOC(=O)C1=CCCCC1S(=O)(=O)N(COC(=O)N1CCC(CC(=O)O)CC1)c1ccc(F)cc1Cl.CCOC(=O)C1=CCCCC1S(=O)(=O)N(COC(=O)N1CCC(CC(=O)OCc2ccccc2)CC1)c1ccc(F)cc1Cl.CO.[CH3-].[Pd]. The monoisotopic (exact) mass is 1360 g/mol. The van der Waals surface area contributed by atoms with Gasteiger partial charge in [0.25, 0.3) is 0 Å². The molecule has 7 rings (SSSR count). The van der Waals surface area contributed by atoms with Crippen molar-refractivity contribution in [1.82, 2.24) is 9.80 Å². The molecule has 2 aliphatic carbocycles. The molecular weight excluding hydrogens is 1290 g/mol. The van der Waals surface area contributed by atoms with Crippen molar-refractivity contribution in [1.29, 1.82) is 0 Å². The van der Waals surface area contributed by atoms with E-state index in [1.54, 1.807) is 19.9 Å². The van der Waals surface area contributed by atoms with E-state index in [2.05, 4.69) is 0 Å². The third-order valence-electron chi connectivity index (χ3n) is 14.0. The Balaban J connectivity index is 0.000000429. The number of sulfonamides is 2. The summed E-state index contributed by atoms with van der Waals surface area (Å²) in [5.41, 5.74) is 0.681. The van der Waals surface area contributed by atoms with Gasteiger partial charge in [0.2, 0.25) is 20.0 Å². The molecule has 2 fully saturated rings. The van der Waals surface area contributed by atoms with Crippen LogP contribution >= 0.6 is 23.2 Å². The van der Waals surface area contributed by atoms with Crippen LogP contribution in [0.15, 0.2) is 90.0 Å². The van der Waals surface area contributed by atoms with Crippen LogP contribution in [-0.4, -0.2) is 143 Å². The number of anilines is 2. The Kier molecular flexibility index (Phi) is 30.8. The first-order valence-corrected chi connectivity index (χ1v) is 30.8. The number of aliphatic hydroxyl groups is 1. The fraction of sp³-hybridized carbons (Fsp3) is 0.491. The fourth-order valence-corrected chi connectivity index (χ4v) is 14.2. The molecule has 2 heterocycles. The Labute approximate surface area is 519 Å². The van der Waals surface area contributed by atoms with Crippen molar-refractivity contribution in [2.24, 2.45) is 11.8 Å². The Hall–Kier alpha value is -5.88. The first kappa shape index (κ1) is 73.4. The van der Waals surface area contributed by atoms with Crippen molar-refractivity contribution in [3.63, 3.8) is 0 Å². The molecule has 2 aliphatic heterocycles. The average molecular weight is 1370 g/mol. The summed E-state index contributed by atoms with van der Waals surface area (Å²) in [6, 6.07) is 15.7. The molecule has 2 saturated heterocycles. The van der Waals surface area contributed by atoms with Crippen LogP contribution in [0.3, 0.4) is 0 Å². The number of allylic oxidation sites excluding steroid dienone is 2. The Morgan fingerprint density at radius 3 is 1.38 bits per heavy atom. The summed E-state index contributed by atoms with van der Waals surface area (Å²) in [7, 11) is -7.77. The van der Waals surface area contributed by atoms with Crippen LogP contribution in [0.4, 0.5) is 29.7 Å². The number of carboxylic acid groups (broad SMARTS) is 1. The molecule has 474 valence electrons. The molecule has 28 heteroatoms. The topological polar surface area (TPSA) is 270 Å². The maximum Gasteiger partial charge on any atom is 0.411 e. The van der Waals surface area contributed by atoms with Crippen LogP contribution in [-0.2, 0) is 89.9 Å². The normalized spacial score (nSPS) is 17.2. The minimum absolute atomic E-state index is 0. The van der Waals surface area contributed by atoms with E-state index in [-0.39, 0.29) is 137 Å². The van der Waals surface area contributed by atoms with Gasteiger partial charge in [0.15, 0.2) is 13.5 Å². The Morgan fingerprint density at radius 2 is 1.00 bits per heavy atom. The summed E-state index contributed by atoms with van der Waals surface area (Å²) < 4.78 is 111. The van der Waals surface area contributed by atoms with Crippen LogP contribution in [0.1, 0.15) is 96.5 Å². The molecule has 0 bridgehead atoms. The summed E-state index contributed by atoms with van der Waals surface area (Å²) in [5.74, 6) is -4.10. The average Bonchev–Trinajstić information content (AvgIpc) is 1.67. The summed E-state index contributed by atoms with van der Waals surface area (Å²) in [4.78, 5) is 77.0. The van der Waals surface area contributed by atoms with Crippen LogP contribution in [0.5, 0.6) is 0 Å². The van der Waals surface area contributed by atoms with E-state index in [9.17, 15) is 54.4 Å². The number of halogens is 4. The standard InChI is InChI=1S/C31H36ClFN2O8S.C24H30ClFN2O8S.CH4O.CH3.Pd/c1-2-41-30(37)25-10-6-7-11-28(25)44(39,40)35(27-13-12-24(33)19-26(27)32)21-43-31(38)34-16-14-22(15-17-34)18-29(36)42-20-23-8-4-3-5-9-23;1-2-35-23(31)18-5-3-4-6-21(18)37(33,34)28(20-8-7-17(26)14-19(20)25)15-36-24(32)27-11-9-16(10-12-27)13-22(29)30;1-2;;/h3-5,8-10,12-13,19,22,28H,2,6-7,11,14-18,20-21H2,1H3;5,7-8,14,16,21H,2-4,6,9-13,15H2,1H3,(H,29,30);2H,1H3;1H3;/q;;;-1;. The van der Waals surface area contributed by atoms with Gasteiger partial charge in [-0.05, 0) is 132 Å². The molecule has 3 aromatic rings. The molecule has 4 aliphatic rings. The van der Waals surface area contributed by atoms with Crippen molar-refractivity contribution in [2.75, 3.05) is 68.6 Å². The van der Waals surface area contributed by atoms with E-state index < -0.39 is 85.7 Å². The van der Waals surface area contributed by atoms with Crippen molar-refractivity contribution in [3.8, 4) is 0 Å². The van der Waals surface area contributed by atoms with Gasteiger partial charge < -0.3 is 51.1 Å². The van der Waals surface area contributed by atoms with Crippen LogP contribution in [0.2, 0.25) is 10.0 Å². The third-order valence-corrected chi connectivity index (χ3v) is 18.8. The van der Waals surface area contributed by atoms with Gasteiger partial charge in [-0.1, -0.05) is 65.7 Å². The number of hydrogen-bond donors (Lipinski definition) is 2. The molecule has 0 aromatic heterocycles. The molecule has 3 aromatic carbocycles. The number of aliphatic carboxylic acids is 1. The maximum atomic E-state index is 14.0. The summed E-state index contributed by atoms with van der Waals surface area (Å²) in [5, 5.41) is 13.0. The predicted molar refractivity (Wildman–Crippen MR) is 309 cm³/mol. The molecule has 2 amide bonds. The number of amides is 2. The van der Waals surface area contributed by atoms with Crippen molar-refractivity contribution in [2.45, 2.75) is 108 Å². The van der Waals surface area contributed by atoms with Gasteiger partial charge >= 0.3 is 36.1 Å². The van der Waals surface area contributed by atoms with E-state index in [0.717, 1.165) is 51.6 Å². The number of likely N-dealkylation sites (tertiary alicyclic amines) is 2. The molecule has 2 unspecified atom stereocenters. The molecular formula is C57H73Cl2F2N4O17PdS2-. The van der Waals surface area contributed by atoms with Gasteiger partial charge in [-0.25, -0.2) is 53.4 Å². The predicted octanol–water partition coefficient (Wildman–Crippen LogP) is 9.59. The number of carbonyl (C=O) groups is 6. The van der Waals surface area contributed by atoms with Crippen LogP contribution < -0.4 is 8.61 Å². The number of piperidine rings is 2. The number of aliphatic hydroxyl groups excluding tert-OH is 1. The molecule has 2 N–H and O–H groups in total. The van der Waals surface area contributed by atoms with E-state index in [1.165, 1.54) is 21.9 Å². The molecule has 0 radical (unpaired) electrons. The quantitative estimate of drug-likeness (QED) is 0.0350. The van der Waals surface area contributed by atoms with Crippen molar-refractivity contribution in [3.05, 3.63) is 125 Å². The third kappa shape index (κ3) is 20.9. The summed E-state index contributed by atoms with van der Waals surface area (Å²) in [6.45, 7) is 3.19. The Bertz CT molecular complexity index is 3020. The molecule has 2 atom stereocenters. The second kappa shape index (κ2) is 35.7. The van der Waals surface area contributed by atoms with E-state index >= 15 is 0 Å². The van der Waals surface area contributed by atoms with Crippen molar-refractivity contribution < 1.29 is 109 Å². The Morgan fingerprint density at radius 1 is 0.600 bits per heavy atom. The molecule has 85 heavy (non-hydrogen) atoms. The first-order valence-electron chi connectivity index (χ1n) is 27.0. The van der Waals surface area contributed by atoms with Gasteiger partial charge in [-0.15, -0.1) is 0 Å². The van der Waals surface area contributed by atoms with E-state index in [0.29, 0.717) is 64.5 Å². The number of esters is 3. The minimum atomic E-state index is -4.39. The van der Waals surface area contributed by atoms with Gasteiger partial charge in [0.1, 0.15) is 28.7 Å². The minimum Gasteiger partial charge on any atom is -0.481 e. The number of carbonyl (C=O) groups excluding carboxylic acids is 5. The number of hydrogen-bond acceptors (Lipinski definition) is 16. The molecule has 0 saturated carbocycles. The second-order valence-electron chi connectivity index (χ2n) is 19.5. The maximum absolute atomic E-state index is 14.0. The van der Waals surface area contributed by atoms with E-state index in [1.807, 2.05) is 30.3 Å². The van der Waals surface area contributed by atoms with Crippen LogP contribution in [0, 0.1) is 30.9 Å². The zero-order valence-corrected chi connectivity index (χ0v) is 52.3. The first-order chi connectivity index (χ1) is 39.6. The summed E-state index contributed by atoms with van der Waals surface area (Å²) >= 11 is 12.4. The summed E-state index contributed by atoms with van der Waals surface area (Å²) in [6.07, 6.45) is 6.09. The van der Waals surface area contributed by atoms with Gasteiger partial charge in [-0.2, -0.15) is 0 Å². The number of nitrogens with zero attached hydrogens (tertiary/aromatic N) is 4. The second-order valence-corrected chi connectivity index (χ2v) is 24.4. The van der Waals surface area contributed by atoms with E-state index in [4.69, 9.17) is 57.1 Å².